The Morgan fingerprint density at radius 2 is 1.72 bits per heavy atom. The van der Waals surface area contributed by atoms with E-state index in [1.165, 1.54) is 0 Å². The van der Waals surface area contributed by atoms with Crippen molar-refractivity contribution < 1.29 is 13.2 Å². The smallest absolute Gasteiger partial charge is 0.208 e. The quantitative estimate of drug-likeness (QED) is 0.605. The lowest BCUT2D eigenvalue weighted by Gasteiger charge is -2.29. The minimum atomic E-state index is -3.72. The highest BCUT2D eigenvalue weighted by atomic mass is 32.2. The first-order chi connectivity index (χ1) is 15.2. The van der Waals surface area contributed by atoms with Gasteiger partial charge in [-0.2, -0.15) is 0 Å². The van der Waals surface area contributed by atoms with Crippen LogP contribution >= 0.6 is 0 Å². The number of hydrogen-bond donors (Lipinski definition) is 1. The van der Waals surface area contributed by atoms with Crippen molar-refractivity contribution in [2.45, 2.75) is 30.2 Å². The van der Waals surface area contributed by atoms with E-state index >= 15 is 0 Å². The topological polar surface area (TPSA) is 61.9 Å². The molecule has 3 aromatic carbocycles. The first kappa shape index (κ1) is 22.2. The fraction of sp³-hybridized carbons (Fsp3) is 0.280. The van der Waals surface area contributed by atoms with Crippen molar-refractivity contribution in [2.24, 2.45) is 0 Å². The molecule has 4 rings (SSSR count). The second kappa shape index (κ2) is 8.48. The summed E-state index contributed by atoms with van der Waals surface area (Å²) in [7, 11) is 2.09. The highest BCUT2D eigenvalue weighted by Gasteiger charge is 2.25. The lowest BCUT2D eigenvalue weighted by atomic mass is 10.00. The summed E-state index contributed by atoms with van der Waals surface area (Å²) in [5.41, 5.74) is 5.45. The van der Waals surface area contributed by atoms with Gasteiger partial charge in [0, 0.05) is 37.6 Å². The predicted molar refractivity (Wildman–Crippen MR) is 129 cm³/mol. The van der Waals surface area contributed by atoms with Gasteiger partial charge in [-0.25, -0.2) is 8.42 Å². The van der Waals surface area contributed by atoms with Gasteiger partial charge >= 0.3 is 0 Å². The molecule has 0 radical (unpaired) electrons. The lowest BCUT2D eigenvalue weighted by molar-refractivity contribution is 0.120. The number of benzene rings is 3. The molecule has 0 fully saturated rings. The highest BCUT2D eigenvalue weighted by Crippen LogP contribution is 2.39. The van der Waals surface area contributed by atoms with Crippen LogP contribution in [-0.4, -0.2) is 41.2 Å². The van der Waals surface area contributed by atoms with Gasteiger partial charge < -0.3 is 15.0 Å². The summed E-state index contributed by atoms with van der Waals surface area (Å²) in [4.78, 5) is 4.52. The number of fused-ring (bicyclic) bond motifs is 1. The minimum absolute atomic E-state index is 0.248. The van der Waals surface area contributed by atoms with Crippen molar-refractivity contribution in [2.75, 3.05) is 38.1 Å². The number of rotatable bonds is 5. The third kappa shape index (κ3) is 4.06. The average molecular weight is 452 g/mol. The lowest BCUT2D eigenvalue weighted by Crippen LogP contribution is -2.29. The van der Waals surface area contributed by atoms with Crippen LogP contribution in [0.25, 0.3) is 0 Å². The van der Waals surface area contributed by atoms with E-state index in [9.17, 15) is 8.42 Å². The van der Waals surface area contributed by atoms with Gasteiger partial charge in [-0.15, -0.1) is 0 Å². The summed E-state index contributed by atoms with van der Waals surface area (Å²) in [5.74, 6) is 0.922. The van der Waals surface area contributed by atoms with Crippen LogP contribution in [-0.2, 0) is 16.4 Å². The highest BCUT2D eigenvalue weighted by molar-refractivity contribution is 7.91. The minimum Gasteiger partial charge on any atom is -0.478 e. The summed E-state index contributed by atoms with van der Waals surface area (Å²) in [6.45, 7) is 5.41. The van der Waals surface area contributed by atoms with Crippen molar-refractivity contribution in [3.8, 4) is 5.75 Å². The number of nitrogens with one attached hydrogen (secondary N) is 1. The first-order valence-corrected chi connectivity index (χ1v) is 12.0. The van der Waals surface area contributed by atoms with E-state index in [4.69, 9.17) is 4.74 Å². The zero-order chi connectivity index (χ0) is 23.0. The van der Waals surface area contributed by atoms with Crippen molar-refractivity contribution >= 4 is 26.9 Å². The zero-order valence-corrected chi connectivity index (χ0v) is 20.0. The molecule has 32 heavy (non-hydrogen) atoms. The van der Waals surface area contributed by atoms with Crippen LogP contribution in [0.3, 0.4) is 0 Å². The normalized spacial score (nSPS) is 13.9. The largest absolute Gasteiger partial charge is 0.478 e. The second-order valence-electron chi connectivity index (χ2n) is 8.48. The van der Waals surface area contributed by atoms with Gasteiger partial charge in [-0.1, -0.05) is 18.2 Å². The van der Waals surface area contributed by atoms with Crippen LogP contribution in [0.1, 0.15) is 16.7 Å². The molecule has 0 saturated carbocycles. The second-order valence-corrected chi connectivity index (χ2v) is 10.4. The number of ether oxygens (including phenoxy) is 1. The molecule has 3 aromatic rings. The Bertz CT molecular complexity index is 1260. The van der Waals surface area contributed by atoms with Crippen LogP contribution < -0.4 is 15.0 Å². The van der Waals surface area contributed by atoms with Crippen LogP contribution in [0.4, 0.5) is 17.1 Å². The summed E-state index contributed by atoms with van der Waals surface area (Å²) >= 11 is 0. The molecule has 1 N–H and O–H groups in total. The number of aryl methyl sites for hydroxylation is 1. The van der Waals surface area contributed by atoms with Crippen LogP contribution in [0.15, 0.2) is 64.4 Å². The predicted octanol–water partition coefficient (Wildman–Crippen LogP) is 4.73. The molecule has 0 amide bonds. The maximum Gasteiger partial charge on any atom is 0.208 e. The van der Waals surface area contributed by atoms with Gasteiger partial charge in [0.25, 0.3) is 0 Å². The SMILES string of the molecule is Cc1cc(Nc2ccc(N(C)C)cc2S(=O)(=O)c2ccccc2)c(C)c2c1OCN(C)C2. The molecule has 0 spiro atoms. The van der Waals surface area contributed by atoms with Gasteiger partial charge in [0.1, 0.15) is 12.5 Å². The Morgan fingerprint density at radius 3 is 2.41 bits per heavy atom. The molecule has 7 heteroatoms. The van der Waals surface area contributed by atoms with Gasteiger partial charge in [-0.3, -0.25) is 4.90 Å². The molecular weight excluding hydrogens is 422 g/mol. The molecule has 0 atom stereocenters. The Hall–Kier alpha value is -3.03. The van der Waals surface area contributed by atoms with Crippen molar-refractivity contribution in [3.05, 3.63) is 71.3 Å². The standard InChI is InChI=1S/C25H29N3O3S/c1-17-13-23(18(2)21-15-28(5)16-31-25(17)21)26-22-12-11-19(27(3)4)14-24(22)32(29,30)20-9-7-6-8-10-20/h6-14,26H,15-16H2,1-5H3. The van der Waals surface area contributed by atoms with E-state index in [0.717, 1.165) is 40.4 Å². The Kier molecular flexibility index (Phi) is 5.88. The van der Waals surface area contributed by atoms with Gasteiger partial charge in [0.2, 0.25) is 9.84 Å². The fourth-order valence-electron chi connectivity index (χ4n) is 3.96. The van der Waals surface area contributed by atoms with Crippen LogP contribution in [0, 0.1) is 13.8 Å². The molecule has 0 aromatic heterocycles. The molecule has 6 nitrogen and oxygen atoms in total. The van der Waals surface area contributed by atoms with Crippen molar-refractivity contribution in [1.29, 1.82) is 0 Å². The third-order valence-electron chi connectivity index (χ3n) is 5.80. The molecule has 1 aliphatic rings. The molecular formula is C25H29N3O3S. The van der Waals surface area contributed by atoms with Gasteiger partial charge in [0.05, 0.1) is 15.5 Å². The fourth-order valence-corrected chi connectivity index (χ4v) is 5.41. The third-order valence-corrected chi connectivity index (χ3v) is 7.61. The molecule has 168 valence electrons. The number of nitrogens with zero attached hydrogens (tertiary/aromatic N) is 2. The Labute approximate surface area is 190 Å². The van der Waals surface area contributed by atoms with E-state index in [-0.39, 0.29) is 9.79 Å². The molecule has 0 unspecified atom stereocenters. The van der Waals surface area contributed by atoms with E-state index in [0.29, 0.717) is 12.4 Å². The van der Waals surface area contributed by atoms with E-state index in [2.05, 4.69) is 10.2 Å². The molecule has 0 saturated heterocycles. The molecule has 0 bridgehead atoms. The number of anilines is 3. The summed E-state index contributed by atoms with van der Waals surface area (Å²) in [6, 6.07) is 16.1. The molecule has 0 aliphatic carbocycles. The van der Waals surface area contributed by atoms with Crippen LogP contribution in [0.2, 0.25) is 0 Å². The Morgan fingerprint density at radius 1 is 1.00 bits per heavy atom. The van der Waals surface area contributed by atoms with Gasteiger partial charge in [0.15, 0.2) is 0 Å². The van der Waals surface area contributed by atoms with Gasteiger partial charge in [-0.05, 0) is 68.4 Å². The average Bonchev–Trinajstić information content (AvgIpc) is 2.77. The molecule has 1 heterocycles. The summed E-state index contributed by atoms with van der Waals surface area (Å²) in [5, 5.41) is 3.42. The maximum atomic E-state index is 13.6. The Balaban J connectivity index is 1.84. The van der Waals surface area contributed by atoms with E-state index < -0.39 is 9.84 Å². The summed E-state index contributed by atoms with van der Waals surface area (Å²) in [6.07, 6.45) is 0. The maximum absolute atomic E-state index is 13.6. The number of sulfone groups is 1. The molecule has 1 aliphatic heterocycles. The zero-order valence-electron chi connectivity index (χ0n) is 19.1. The number of hydrogen-bond acceptors (Lipinski definition) is 6. The van der Waals surface area contributed by atoms with Crippen molar-refractivity contribution in [1.82, 2.24) is 4.90 Å². The monoisotopic (exact) mass is 451 g/mol. The summed E-state index contributed by atoms with van der Waals surface area (Å²) < 4.78 is 33.1. The van der Waals surface area contributed by atoms with Crippen LogP contribution in [0.5, 0.6) is 5.75 Å². The van der Waals surface area contributed by atoms with E-state index in [1.807, 2.05) is 64.2 Å². The van der Waals surface area contributed by atoms with Crippen molar-refractivity contribution in [3.63, 3.8) is 0 Å². The first-order valence-electron chi connectivity index (χ1n) is 10.5. The van der Waals surface area contributed by atoms with E-state index in [1.54, 1.807) is 30.3 Å².